The Bertz CT molecular complexity index is 265. The first-order valence-corrected chi connectivity index (χ1v) is 5.22. The van der Waals surface area contributed by atoms with Crippen molar-refractivity contribution in [3.05, 3.63) is 28.3 Å². The average Bonchev–Trinajstić information content (AvgIpc) is 2.44. The molecule has 0 N–H and O–H groups in total. The normalized spacial score (nSPS) is 7.68. The summed E-state index contributed by atoms with van der Waals surface area (Å²) in [4.78, 5) is 0. The summed E-state index contributed by atoms with van der Waals surface area (Å²) in [5.41, 5.74) is 5.75. The van der Waals surface area contributed by atoms with E-state index in [1.165, 1.54) is 22.3 Å². The standard InChI is InChI=1S/C9H13.C4H10O2.3ClH.Hf/c1-6-5-7(2)9(4)8(6)3;1-5-3-4-6-2;;;;/h5H,1-4H3;3-4H2,1-2H3;3*1H;/q-1;;;;;+4/p-3. The van der Waals surface area contributed by atoms with Gasteiger partial charge in [0.05, 0.1) is 13.2 Å². The van der Waals surface area contributed by atoms with Gasteiger partial charge in [0.2, 0.25) is 0 Å². The van der Waals surface area contributed by atoms with E-state index in [2.05, 4.69) is 43.2 Å². The first-order valence-electron chi connectivity index (χ1n) is 5.22. The Morgan fingerprint density at radius 1 is 0.947 bits per heavy atom. The molecular weight excluding hydrogens is 473 g/mol. The predicted molar refractivity (Wildman–Crippen MR) is 64.7 cm³/mol. The molecule has 0 spiro atoms. The summed E-state index contributed by atoms with van der Waals surface area (Å²) < 4.78 is 9.31. The topological polar surface area (TPSA) is 18.5 Å². The largest absolute Gasteiger partial charge is 4.00 e. The van der Waals surface area contributed by atoms with Crippen molar-refractivity contribution in [1.29, 1.82) is 0 Å². The number of hydrogen-bond donors (Lipinski definition) is 0. The van der Waals surface area contributed by atoms with Crippen molar-refractivity contribution in [1.82, 2.24) is 0 Å². The molecule has 112 valence electrons. The smallest absolute Gasteiger partial charge is 1.00 e. The fourth-order valence-corrected chi connectivity index (χ4v) is 1.30. The van der Waals surface area contributed by atoms with Crippen LogP contribution < -0.4 is 37.2 Å². The Hall–Kier alpha value is 1.01. The Morgan fingerprint density at radius 3 is 1.42 bits per heavy atom. The molecule has 0 saturated carbocycles. The first-order chi connectivity index (χ1) is 7.04. The molecule has 0 unspecified atom stereocenters. The van der Waals surface area contributed by atoms with Crippen molar-refractivity contribution in [2.24, 2.45) is 0 Å². The molecule has 0 atom stereocenters. The molecule has 0 saturated heterocycles. The van der Waals surface area contributed by atoms with Crippen molar-refractivity contribution in [3.63, 3.8) is 0 Å². The van der Waals surface area contributed by atoms with Gasteiger partial charge in [-0.1, -0.05) is 27.7 Å². The second-order valence-electron chi connectivity index (χ2n) is 3.75. The zero-order valence-electron chi connectivity index (χ0n) is 12.4. The molecule has 0 aliphatic rings. The summed E-state index contributed by atoms with van der Waals surface area (Å²) in [5, 5.41) is 0. The molecule has 6 heteroatoms. The van der Waals surface area contributed by atoms with Gasteiger partial charge in [0.1, 0.15) is 0 Å². The van der Waals surface area contributed by atoms with Crippen LogP contribution in [0.15, 0.2) is 6.07 Å². The second-order valence-corrected chi connectivity index (χ2v) is 3.75. The molecule has 1 rings (SSSR count). The van der Waals surface area contributed by atoms with E-state index in [0.29, 0.717) is 13.2 Å². The Kier molecular flexibility index (Phi) is 32.1. The van der Waals surface area contributed by atoms with Gasteiger partial charge < -0.3 is 46.7 Å². The van der Waals surface area contributed by atoms with Crippen LogP contribution in [0.4, 0.5) is 0 Å². The van der Waals surface area contributed by atoms with Crippen LogP contribution in [0.2, 0.25) is 0 Å². The quantitative estimate of drug-likeness (QED) is 0.236. The van der Waals surface area contributed by atoms with Gasteiger partial charge in [0.25, 0.3) is 0 Å². The van der Waals surface area contributed by atoms with Crippen LogP contribution in [-0.2, 0) is 35.3 Å². The first kappa shape index (κ1) is 32.1. The van der Waals surface area contributed by atoms with Gasteiger partial charge in [-0.25, -0.2) is 0 Å². The molecule has 0 aliphatic heterocycles. The van der Waals surface area contributed by atoms with E-state index < -0.39 is 0 Å². The maximum atomic E-state index is 4.66. The van der Waals surface area contributed by atoms with Crippen molar-refractivity contribution >= 4 is 0 Å². The Morgan fingerprint density at radius 2 is 1.32 bits per heavy atom. The van der Waals surface area contributed by atoms with Crippen LogP contribution in [0.1, 0.15) is 22.3 Å². The van der Waals surface area contributed by atoms with Gasteiger partial charge >= 0.3 is 25.8 Å². The zero-order valence-corrected chi connectivity index (χ0v) is 18.3. The fraction of sp³-hybridized carbons (Fsp3) is 0.615. The van der Waals surface area contributed by atoms with Gasteiger partial charge in [-0.15, -0.1) is 0 Å². The molecule has 0 fully saturated rings. The minimum absolute atomic E-state index is 0. The monoisotopic (exact) mass is 496 g/mol. The van der Waals surface area contributed by atoms with E-state index in [1.807, 2.05) is 0 Å². The summed E-state index contributed by atoms with van der Waals surface area (Å²) in [6.45, 7) is 10.1. The minimum atomic E-state index is 0. The third-order valence-electron chi connectivity index (χ3n) is 2.67. The van der Waals surface area contributed by atoms with Crippen molar-refractivity contribution in [2.75, 3.05) is 27.4 Å². The molecule has 0 amide bonds. The van der Waals surface area contributed by atoms with Crippen LogP contribution in [-0.4, -0.2) is 27.4 Å². The number of halogens is 3. The van der Waals surface area contributed by atoms with Crippen molar-refractivity contribution in [2.45, 2.75) is 27.7 Å². The van der Waals surface area contributed by atoms with E-state index in [9.17, 15) is 0 Å². The van der Waals surface area contributed by atoms with Crippen LogP contribution in [0.5, 0.6) is 0 Å². The molecule has 2 nitrogen and oxygen atoms in total. The molecule has 19 heavy (non-hydrogen) atoms. The number of ether oxygens (including phenoxy) is 2. The van der Waals surface area contributed by atoms with Crippen molar-refractivity contribution in [3.8, 4) is 0 Å². The SMILES string of the molecule is COCCOC.Cc1c[c-](C)c(C)c1C.[Cl-].[Cl-].[Cl-].[Hf+4]. The molecular formula is C13H23Cl3HfO2. The van der Waals surface area contributed by atoms with Crippen LogP contribution in [0.3, 0.4) is 0 Å². The summed E-state index contributed by atoms with van der Waals surface area (Å²) in [5.74, 6) is 0. The summed E-state index contributed by atoms with van der Waals surface area (Å²) in [7, 11) is 3.30. The summed E-state index contributed by atoms with van der Waals surface area (Å²) in [6.07, 6.45) is 0. The van der Waals surface area contributed by atoms with Gasteiger partial charge in [-0.05, 0) is 0 Å². The summed E-state index contributed by atoms with van der Waals surface area (Å²) in [6, 6.07) is 2.24. The predicted octanol–water partition coefficient (Wildman–Crippen LogP) is -6.07. The Labute approximate surface area is 155 Å². The fourth-order valence-electron chi connectivity index (χ4n) is 1.30. The van der Waals surface area contributed by atoms with E-state index in [0.717, 1.165) is 0 Å². The number of aryl methyl sites for hydroxylation is 2. The molecule has 0 bridgehead atoms. The third-order valence-corrected chi connectivity index (χ3v) is 2.67. The van der Waals surface area contributed by atoms with Gasteiger partial charge in [0.15, 0.2) is 0 Å². The van der Waals surface area contributed by atoms with Crippen molar-refractivity contribution < 1.29 is 72.5 Å². The van der Waals surface area contributed by atoms with E-state index >= 15 is 0 Å². The number of methoxy groups -OCH3 is 2. The number of hydrogen-bond acceptors (Lipinski definition) is 2. The van der Waals surface area contributed by atoms with Crippen LogP contribution in [0, 0.1) is 27.7 Å². The average molecular weight is 496 g/mol. The van der Waals surface area contributed by atoms with Gasteiger partial charge in [-0.2, -0.15) is 28.3 Å². The maximum absolute atomic E-state index is 4.66. The second kappa shape index (κ2) is 19.0. The third kappa shape index (κ3) is 13.7. The maximum Gasteiger partial charge on any atom is 4.00 e. The van der Waals surface area contributed by atoms with E-state index in [1.54, 1.807) is 14.2 Å². The van der Waals surface area contributed by atoms with Crippen LogP contribution >= 0.6 is 0 Å². The van der Waals surface area contributed by atoms with Gasteiger partial charge in [-0.3, -0.25) is 0 Å². The molecule has 0 radical (unpaired) electrons. The zero-order chi connectivity index (χ0) is 11.8. The molecule has 1 aromatic carbocycles. The molecule has 0 heterocycles. The van der Waals surface area contributed by atoms with Gasteiger partial charge in [0, 0.05) is 14.2 Å². The Balaban J connectivity index is -0.0000000599. The molecule has 0 aromatic heterocycles. The van der Waals surface area contributed by atoms with E-state index in [4.69, 9.17) is 0 Å². The van der Waals surface area contributed by atoms with Crippen LogP contribution in [0.25, 0.3) is 0 Å². The number of rotatable bonds is 3. The molecule has 1 aromatic rings. The summed E-state index contributed by atoms with van der Waals surface area (Å²) >= 11 is 0. The van der Waals surface area contributed by atoms with E-state index in [-0.39, 0.29) is 63.1 Å². The minimum Gasteiger partial charge on any atom is -1.00 e. The molecule has 0 aliphatic carbocycles.